The van der Waals surface area contributed by atoms with E-state index < -0.39 is 0 Å². The normalized spacial score (nSPS) is 19.6. The molecular weight excluding hydrogens is 368 g/mol. The standard InChI is InChI=1S/C22H28N4O3/c1-15-13-25(14-16(2)28-15)19-7-4-17(5-8-19)24-18-6-9-21-20(12-18)26(11-10-23-3)22(27)29-21/h4-9,12,15-16,23-24H,10-11,13-14H2,1-3H3. The molecule has 2 N–H and O–H groups in total. The third kappa shape index (κ3) is 4.31. The Morgan fingerprint density at radius 3 is 2.41 bits per heavy atom. The fourth-order valence-corrected chi connectivity index (χ4v) is 3.89. The average Bonchev–Trinajstić information content (AvgIpc) is 3.00. The van der Waals surface area contributed by atoms with E-state index in [2.05, 4.69) is 53.6 Å². The molecule has 7 heteroatoms. The van der Waals surface area contributed by atoms with Crippen molar-refractivity contribution < 1.29 is 9.15 Å². The molecule has 4 rings (SSSR count). The SMILES string of the molecule is CNCCn1c(=O)oc2ccc(Nc3ccc(N4CC(C)OC(C)C4)cc3)cc21. The van der Waals surface area contributed by atoms with Gasteiger partial charge in [0.15, 0.2) is 5.58 Å². The minimum Gasteiger partial charge on any atom is -0.408 e. The van der Waals surface area contributed by atoms with Crippen LogP contribution in [0, 0.1) is 0 Å². The van der Waals surface area contributed by atoms with Gasteiger partial charge in [-0.15, -0.1) is 0 Å². The van der Waals surface area contributed by atoms with Gasteiger partial charge in [0.25, 0.3) is 0 Å². The summed E-state index contributed by atoms with van der Waals surface area (Å²) >= 11 is 0. The molecule has 29 heavy (non-hydrogen) atoms. The summed E-state index contributed by atoms with van der Waals surface area (Å²) < 4.78 is 12.8. The van der Waals surface area contributed by atoms with E-state index in [1.54, 1.807) is 4.57 Å². The van der Waals surface area contributed by atoms with Gasteiger partial charge in [0.2, 0.25) is 0 Å². The second-order valence-electron chi connectivity index (χ2n) is 7.64. The topological polar surface area (TPSA) is 71.7 Å². The molecule has 7 nitrogen and oxygen atoms in total. The second kappa shape index (κ2) is 8.31. The molecule has 3 aromatic rings. The Hall–Kier alpha value is -2.77. The van der Waals surface area contributed by atoms with Crippen LogP contribution in [0.4, 0.5) is 17.1 Å². The van der Waals surface area contributed by atoms with Gasteiger partial charge >= 0.3 is 5.76 Å². The van der Waals surface area contributed by atoms with E-state index in [1.165, 1.54) is 5.69 Å². The predicted octanol–water partition coefficient (Wildman–Crippen LogP) is 3.17. The summed E-state index contributed by atoms with van der Waals surface area (Å²) in [6, 6.07) is 14.1. The molecule has 0 spiro atoms. The quantitative estimate of drug-likeness (QED) is 0.667. The average molecular weight is 396 g/mol. The molecule has 1 saturated heterocycles. The fraction of sp³-hybridized carbons (Fsp3) is 0.409. The molecule has 0 bridgehead atoms. The summed E-state index contributed by atoms with van der Waals surface area (Å²) in [5.74, 6) is -0.328. The summed E-state index contributed by atoms with van der Waals surface area (Å²) in [6.45, 7) is 7.29. The van der Waals surface area contributed by atoms with E-state index in [-0.39, 0.29) is 18.0 Å². The summed E-state index contributed by atoms with van der Waals surface area (Å²) in [7, 11) is 1.86. The lowest BCUT2D eigenvalue weighted by atomic mass is 10.2. The molecule has 0 saturated carbocycles. The highest BCUT2D eigenvalue weighted by atomic mass is 16.5. The molecule has 0 amide bonds. The second-order valence-corrected chi connectivity index (χ2v) is 7.64. The molecule has 2 unspecified atom stereocenters. The number of hydrogen-bond donors (Lipinski definition) is 2. The van der Waals surface area contributed by atoms with E-state index in [9.17, 15) is 4.79 Å². The number of likely N-dealkylation sites (N-methyl/N-ethyl adjacent to an activating group) is 1. The summed E-state index contributed by atoms with van der Waals surface area (Å²) in [5, 5.41) is 6.48. The number of nitrogens with zero attached hydrogens (tertiary/aromatic N) is 2. The molecule has 2 aromatic carbocycles. The highest BCUT2D eigenvalue weighted by Crippen LogP contribution is 2.25. The largest absolute Gasteiger partial charge is 0.419 e. The van der Waals surface area contributed by atoms with Crippen molar-refractivity contribution in [1.29, 1.82) is 0 Å². The molecule has 1 aromatic heterocycles. The van der Waals surface area contributed by atoms with Gasteiger partial charge in [-0.05, 0) is 63.4 Å². The van der Waals surface area contributed by atoms with Crippen molar-refractivity contribution in [3.63, 3.8) is 0 Å². The molecule has 0 aliphatic carbocycles. The third-order valence-corrected chi connectivity index (χ3v) is 5.19. The lowest BCUT2D eigenvalue weighted by molar-refractivity contribution is -0.00521. The fourth-order valence-electron chi connectivity index (χ4n) is 3.89. The number of oxazole rings is 1. The van der Waals surface area contributed by atoms with Crippen LogP contribution in [0.2, 0.25) is 0 Å². The van der Waals surface area contributed by atoms with E-state index in [4.69, 9.17) is 9.15 Å². The molecule has 1 fully saturated rings. The van der Waals surface area contributed by atoms with E-state index in [0.29, 0.717) is 18.7 Å². The van der Waals surface area contributed by atoms with Crippen molar-refractivity contribution in [2.45, 2.75) is 32.6 Å². The predicted molar refractivity (Wildman–Crippen MR) is 116 cm³/mol. The van der Waals surface area contributed by atoms with Crippen LogP contribution in [0.5, 0.6) is 0 Å². The maximum absolute atomic E-state index is 12.1. The van der Waals surface area contributed by atoms with Crippen molar-refractivity contribution >= 4 is 28.2 Å². The molecule has 1 aliphatic heterocycles. The summed E-state index contributed by atoms with van der Waals surface area (Å²) in [4.78, 5) is 14.4. The van der Waals surface area contributed by atoms with Gasteiger partial charge < -0.3 is 24.7 Å². The van der Waals surface area contributed by atoms with Gasteiger partial charge in [0.05, 0.1) is 17.7 Å². The smallest absolute Gasteiger partial charge is 0.408 e. The highest BCUT2D eigenvalue weighted by molar-refractivity contribution is 5.79. The van der Waals surface area contributed by atoms with Crippen molar-refractivity contribution in [2.24, 2.45) is 0 Å². The van der Waals surface area contributed by atoms with Crippen molar-refractivity contribution in [3.8, 4) is 0 Å². The van der Waals surface area contributed by atoms with Crippen LogP contribution in [0.15, 0.2) is 51.7 Å². The van der Waals surface area contributed by atoms with Gasteiger partial charge in [-0.1, -0.05) is 0 Å². The molecule has 1 aliphatic rings. The van der Waals surface area contributed by atoms with E-state index in [0.717, 1.165) is 30.0 Å². The Balaban J connectivity index is 1.51. The van der Waals surface area contributed by atoms with Gasteiger partial charge in [0.1, 0.15) is 0 Å². The number of benzene rings is 2. The zero-order chi connectivity index (χ0) is 20.4. The van der Waals surface area contributed by atoms with Crippen LogP contribution in [-0.2, 0) is 11.3 Å². The van der Waals surface area contributed by atoms with Gasteiger partial charge in [-0.3, -0.25) is 4.57 Å². The minimum absolute atomic E-state index is 0.235. The summed E-state index contributed by atoms with van der Waals surface area (Å²) in [5.41, 5.74) is 4.50. The number of nitrogens with one attached hydrogen (secondary N) is 2. The maximum atomic E-state index is 12.1. The first-order chi connectivity index (χ1) is 14.0. The van der Waals surface area contributed by atoms with Gasteiger partial charge in [-0.25, -0.2) is 4.79 Å². The Kier molecular flexibility index (Phi) is 5.60. The maximum Gasteiger partial charge on any atom is 0.419 e. The third-order valence-electron chi connectivity index (χ3n) is 5.19. The Morgan fingerprint density at radius 1 is 1.03 bits per heavy atom. The zero-order valence-electron chi connectivity index (χ0n) is 17.1. The molecule has 154 valence electrons. The van der Waals surface area contributed by atoms with Crippen molar-refractivity contribution in [2.75, 3.05) is 36.9 Å². The minimum atomic E-state index is -0.328. The number of aromatic nitrogens is 1. The Bertz CT molecular complexity index is 1010. The van der Waals surface area contributed by atoms with Gasteiger partial charge in [0, 0.05) is 43.2 Å². The van der Waals surface area contributed by atoms with Crippen LogP contribution < -0.4 is 21.3 Å². The molecular formula is C22H28N4O3. The van der Waals surface area contributed by atoms with Crippen LogP contribution in [0.1, 0.15) is 13.8 Å². The lowest BCUT2D eigenvalue weighted by Crippen LogP contribution is -2.45. The monoisotopic (exact) mass is 396 g/mol. The van der Waals surface area contributed by atoms with E-state index in [1.807, 2.05) is 25.2 Å². The van der Waals surface area contributed by atoms with Crippen LogP contribution in [-0.4, -0.2) is 43.5 Å². The number of anilines is 3. The Labute approximate surface area is 170 Å². The van der Waals surface area contributed by atoms with Crippen LogP contribution >= 0.6 is 0 Å². The molecule has 2 atom stereocenters. The van der Waals surface area contributed by atoms with Crippen LogP contribution in [0.25, 0.3) is 11.1 Å². The number of hydrogen-bond acceptors (Lipinski definition) is 6. The number of ether oxygens (including phenoxy) is 1. The van der Waals surface area contributed by atoms with Crippen molar-refractivity contribution in [3.05, 3.63) is 53.0 Å². The molecule has 0 radical (unpaired) electrons. The zero-order valence-corrected chi connectivity index (χ0v) is 17.1. The number of morpholine rings is 1. The first-order valence-corrected chi connectivity index (χ1v) is 10.1. The summed E-state index contributed by atoms with van der Waals surface area (Å²) in [6.07, 6.45) is 0.470. The van der Waals surface area contributed by atoms with Gasteiger partial charge in [-0.2, -0.15) is 0 Å². The number of fused-ring (bicyclic) bond motifs is 1. The van der Waals surface area contributed by atoms with E-state index >= 15 is 0 Å². The highest BCUT2D eigenvalue weighted by Gasteiger charge is 2.22. The lowest BCUT2D eigenvalue weighted by Gasteiger charge is -2.36. The molecule has 2 heterocycles. The first-order valence-electron chi connectivity index (χ1n) is 10.1. The number of rotatable bonds is 6. The first kappa shape index (κ1) is 19.5. The van der Waals surface area contributed by atoms with Crippen molar-refractivity contribution in [1.82, 2.24) is 9.88 Å². The Morgan fingerprint density at radius 2 is 1.72 bits per heavy atom. The van der Waals surface area contributed by atoms with Crippen LogP contribution in [0.3, 0.4) is 0 Å².